The van der Waals surface area contributed by atoms with Crippen molar-refractivity contribution in [3.63, 3.8) is 0 Å². The first-order valence-corrected chi connectivity index (χ1v) is 10.9. The molecule has 160 valence electrons. The maximum absolute atomic E-state index is 13.2. The highest BCUT2D eigenvalue weighted by molar-refractivity contribution is 6.09. The van der Waals surface area contributed by atoms with Crippen molar-refractivity contribution in [2.75, 3.05) is 19.6 Å². The van der Waals surface area contributed by atoms with Gasteiger partial charge in [0, 0.05) is 13.1 Å². The van der Waals surface area contributed by atoms with Crippen LogP contribution in [0.1, 0.15) is 52.0 Å². The summed E-state index contributed by atoms with van der Waals surface area (Å²) >= 11 is 0. The molecule has 1 aliphatic carbocycles. The van der Waals surface area contributed by atoms with E-state index in [4.69, 9.17) is 0 Å². The number of urea groups is 1. The Morgan fingerprint density at radius 2 is 1.90 bits per heavy atom. The van der Waals surface area contributed by atoms with Gasteiger partial charge in [-0.05, 0) is 48.2 Å². The number of imide groups is 1. The lowest BCUT2D eigenvalue weighted by Crippen LogP contribution is -2.54. The molecular weight excluding hydrogens is 378 g/mol. The number of nitrogens with one attached hydrogen (secondary N) is 1. The van der Waals surface area contributed by atoms with Gasteiger partial charge in [0.15, 0.2) is 0 Å². The molecule has 1 spiro atoms. The van der Waals surface area contributed by atoms with E-state index in [1.165, 1.54) is 11.1 Å². The van der Waals surface area contributed by atoms with Gasteiger partial charge in [-0.2, -0.15) is 0 Å². The lowest BCUT2D eigenvalue weighted by Gasteiger charge is -2.43. The van der Waals surface area contributed by atoms with Crippen molar-refractivity contribution in [2.24, 2.45) is 11.3 Å². The molecule has 1 saturated carbocycles. The first kappa shape index (κ1) is 20.6. The third-order valence-electron chi connectivity index (χ3n) is 6.62. The smallest absolute Gasteiger partial charge is 0.325 e. The Balaban J connectivity index is 1.42. The number of amides is 4. The van der Waals surface area contributed by atoms with E-state index in [1.807, 2.05) is 18.2 Å². The van der Waals surface area contributed by atoms with Gasteiger partial charge in [-0.1, -0.05) is 57.2 Å². The molecule has 1 aromatic rings. The summed E-state index contributed by atoms with van der Waals surface area (Å²) < 4.78 is 0. The Bertz CT molecular complexity index is 892. The minimum atomic E-state index is -0.860. The Labute approximate surface area is 178 Å². The fourth-order valence-corrected chi connectivity index (χ4v) is 5.69. The molecule has 2 fully saturated rings. The van der Waals surface area contributed by atoms with Crippen LogP contribution >= 0.6 is 0 Å². The van der Waals surface area contributed by atoms with E-state index >= 15 is 0 Å². The van der Waals surface area contributed by atoms with Gasteiger partial charge in [0.05, 0.1) is 0 Å². The highest BCUT2D eigenvalue weighted by atomic mass is 16.2. The highest BCUT2D eigenvalue weighted by Gasteiger charge is 2.56. The third kappa shape index (κ3) is 3.87. The zero-order valence-corrected chi connectivity index (χ0v) is 18.1. The van der Waals surface area contributed by atoms with Crippen LogP contribution in [0.15, 0.2) is 36.4 Å². The van der Waals surface area contributed by atoms with Crippen LogP contribution < -0.4 is 5.32 Å². The molecule has 4 amide bonds. The Morgan fingerprint density at radius 1 is 1.17 bits per heavy atom. The van der Waals surface area contributed by atoms with Crippen LogP contribution in [-0.2, 0) is 9.59 Å². The molecule has 1 N–H and O–H groups in total. The monoisotopic (exact) mass is 409 g/mol. The minimum Gasteiger partial charge on any atom is -0.337 e. The topological polar surface area (TPSA) is 69.7 Å². The molecule has 30 heavy (non-hydrogen) atoms. The standard InChI is InChI=1S/C24H31N3O3/c1-17-13-23(2,3)16-24(14-17)21(29)27(22(30)25-24)15-20(28)26-11-9-19(10-12-26)18-7-5-4-6-8-18/h4-9,17H,10-16H2,1-3H3,(H,25,30)/t17-,24-/m1/s1. The van der Waals surface area contributed by atoms with Crippen molar-refractivity contribution < 1.29 is 14.4 Å². The molecular formula is C24H31N3O3. The Hall–Kier alpha value is -2.63. The number of hydrogen-bond donors (Lipinski definition) is 1. The fraction of sp³-hybridized carbons (Fsp3) is 0.542. The van der Waals surface area contributed by atoms with Gasteiger partial charge in [-0.15, -0.1) is 0 Å². The second kappa shape index (κ2) is 7.56. The summed E-state index contributed by atoms with van der Waals surface area (Å²) in [6.07, 6.45) is 5.12. The molecule has 2 aliphatic heterocycles. The van der Waals surface area contributed by atoms with E-state index in [-0.39, 0.29) is 23.8 Å². The molecule has 1 aromatic carbocycles. The molecule has 4 rings (SSSR count). The second-order valence-corrected chi connectivity index (χ2v) is 9.94. The lowest BCUT2D eigenvalue weighted by molar-refractivity contribution is -0.140. The summed E-state index contributed by atoms with van der Waals surface area (Å²) in [7, 11) is 0. The van der Waals surface area contributed by atoms with Gasteiger partial charge in [0.2, 0.25) is 5.91 Å². The molecule has 2 atom stereocenters. The van der Waals surface area contributed by atoms with Crippen LogP contribution in [0.3, 0.4) is 0 Å². The molecule has 0 aromatic heterocycles. The molecule has 2 heterocycles. The number of rotatable bonds is 3. The predicted molar refractivity (Wildman–Crippen MR) is 115 cm³/mol. The Kier molecular flexibility index (Phi) is 5.20. The average molecular weight is 410 g/mol. The van der Waals surface area contributed by atoms with Crippen molar-refractivity contribution in [2.45, 2.75) is 52.0 Å². The van der Waals surface area contributed by atoms with Crippen LogP contribution in [0.25, 0.3) is 5.57 Å². The van der Waals surface area contributed by atoms with Crippen LogP contribution in [0.2, 0.25) is 0 Å². The summed E-state index contributed by atoms with van der Waals surface area (Å²) in [6.45, 7) is 7.32. The van der Waals surface area contributed by atoms with Gasteiger partial charge in [-0.3, -0.25) is 14.5 Å². The zero-order valence-electron chi connectivity index (χ0n) is 18.1. The quantitative estimate of drug-likeness (QED) is 0.778. The Morgan fingerprint density at radius 3 is 2.53 bits per heavy atom. The molecule has 6 heteroatoms. The number of benzene rings is 1. The SMILES string of the molecule is C[C@@H]1CC(C)(C)C[C@@]2(C1)NC(=O)N(CC(=O)N1CC=C(c3ccccc3)CC1)C2=O. The summed E-state index contributed by atoms with van der Waals surface area (Å²) in [5.41, 5.74) is 1.52. The summed E-state index contributed by atoms with van der Waals surface area (Å²) in [6, 6.07) is 9.71. The first-order chi connectivity index (χ1) is 14.2. The lowest BCUT2D eigenvalue weighted by atomic mass is 9.64. The minimum absolute atomic E-state index is 0.0217. The van der Waals surface area contributed by atoms with Crippen molar-refractivity contribution in [1.29, 1.82) is 0 Å². The number of nitrogens with zero attached hydrogens (tertiary/aromatic N) is 2. The van der Waals surface area contributed by atoms with E-state index in [9.17, 15) is 14.4 Å². The van der Waals surface area contributed by atoms with Gasteiger partial charge in [0.25, 0.3) is 5.91 Å². The van der Waals surface area contributed by atoms with Gasteiger partial charge < -0.3 is 10.2 Å². The summed E-state index contributed by atoms with van der Waals surface area (Å²) in [5, 5.41) is 2.95. The van der Waals surface area contributed by atoms with Crippen LogP contribution in [0, 0.1) is 11.3 Å². The van der Waals surface area contributed by atoms with Crippen molar-refractivity contribution >= 4 is 23.4 Å². The second-order valence-electron chi connectivity index (χ2n) is 9.94. The highest BCUT2D eigenvalue weighted by Crippen LogP contribution is 2.46. The largest absolute Gasteiger partial charge is 0.337 e. The average Bonchev–Trinajstić information content (AvgIpc) is 2.90. The molecule has 1 saturated heterocycles. The maximum atomic E-state index is 13.2. The van der Waals surface area contributed by atoms with Crippen LogP contribution in [-0.4, -0.2) is 52.8 Å². The van der Waals surface area contributed by atoms with Gasteiger partial charge in [-0.25, -0.2) is 4.79 Å². The van der Waals surface area contributed by atoms with E-state index in [1.54, 1.807) is 4.90 Å². The van der Waals surface area contributed by atoms with E-state index < -0.39 is 11.6 Å². The van der Waals surface area contributed by atoms with Crippen molar-refractivity contribution in [1.82, 2.24) is 15.1 Å². The summed E-state index contributed by atoms with van der Waals surface area (Å²) in [4.78, 5) is 41.6. The molecule has 6 nitrogen and oxygen atoms in total. The molecule has 0 bridgehead atoms. The predicted octanol–water partition coefficient (Wildman–Crippen LogP) is 3.44. The fourth-order valence-electron chi connectivity index (χ4n) is 5.69. The number of carbonyl (C=O) groups excluding carboxylic acids is 3. The van der Waals surface area contributed by atoms with Crippen molar-refractivity contribution in [3.8, 4) is 0 Å². The summed E-state index contributed by atoms with van der Waals surface area (Å²) in [5.74, 6) is -0.0719. The van der Waals surface area contributed by atoms with Crippen LogP contribution in [0.4, 0.5) is 4.79 Å². The number of hydrogen-bond acceptors (Lipinski definition) is 3. The first-order valence-electron chi connectivity index (χ1n) is 10.9. The van der Waals surface area contributed by atoms with E-state index in [2.05, 4.69) is 44.3 Å². The van der Waals surface area contributed by atoms with Crippen LogP contribution in [0.5, 0.6) is 0 Å². The molecule has 0 radical (unpaired) electrons. The normalized spacial score (nSPS) is 28.5. The molecule has 0 unspecified atom stereocenters. The third-order valence-corrected chi connectivity index (χ3v) is 6.62. The zero-order chi connectivity index (χ0) is 21.5. The molecule has 3 aliphatic rings. The van der Waals surface area contributed by atoms with Gasteiger partial charge in [0.1, 0.15) is 12.1 Å². The van der Waals surface area contributed by atoms with E-state index in [0.717, 1.165) is 17.7 Å². The van der Waals surface area contributed by atoms with E-state index in [0.29, 0.717) is 31.8 Å². The van der Waals surface area contributed by atoms with Crippen molar-refractivity contribution in [3.05, 3.63) is 42.0 Å². The van der Waals surface area contributed by atoms with Gasteiger partial charge >= 0.3 is 6.03 Å². The number of carbonyl (C=O) groups is 3. The maximum Gasteiger partial charge on any atom is 0.325 e.